The zero-order valence-electron chi connectivity index (χ0n) is 13.2. The highest BCUT2D eigenvalue weighted by Crippen LogP contribution is 2.25. The van der Waals surface area contributed by atoms with Crippen molar-refractivity contribution in [3.8, 4) is 0 Å². The van der Waals surface area contributed by atoms with Crippen molar-refractivity contribution in [3.63, 3.8) is 0 Å². The van der Waals surface area contributed by atoms with Crippen LogP contribution in [0.3, 0.4) is 0 Å². The molecule has 0 bridgehead atoms. The van der Waals surface area contributed by atoms with Gasteiger partial charge < -0.3 is 15.1 Å². The average molecular weight is 281 g/mol. The summed E-state index contributed by atoms with van der Waals surface area (Å²) in [4.78, 5) is 16.5. The zero-order valence-corrected chi connectivity index (χ0v) is 13.2. The summed E-state index contributed by atoms with van der Waals surface area (Å²) in [6, 6.07) is 0.476. The number of carbonyl (C=O) groups excluding carboxylic acids is 1. The second-order valence-corrected chi connectivity index (χ2v) is 6.61. The summed E-state index contributed by atoms with van der Waals surface area (Å²) < 4.78 is 0. The third kappa shape index (κ3) is 4.74. The zero-order chi connectivity index (χ0) is 14.4. The van der Waals surface area contributed by atoms with Crippen molar-refractivity contribution >= 4 is 5.91 Å². The van der Waals surface area contributed by atoms with Gasteiger partial charge in [-0.3, -0.25) is 4.79 Å². The lowest BCUT2D eigenvalue weighted by molar-refractivity contribution is -0.132. The Hall–Kier alpha value is -0.610. The number of hydrogen-bond acceptors (Lipinski definition) is 3. The predicted octanol–water partition coefficient (Wildman–Crippen LogP) is 1.71. The third-order valence-electron chi connectivity index (χ3n) is 5.04. The molecular formula is C16H31N3O. The van der Waals surface area contributed by atoms with Crippen molar-refractivity contribution in [2.24, 2.45) is 5.92 Å². The van der Waals surface area contributed by atoms with Gasteiger partial charge in [-0.2, -0.15) is 0 Å². The van der Waals surface area contributed by atoms with Gasteiger partial charge >= 0.3 is 0 Å². The molecule has 1 aliphatic heterocycles. The molecular weight excluding hydrogens is 250 g/mol. The van der Waals surface area contributed by atoms with E-state index in [0.717, 1.165) is 32.1 Å². The molecule has 0 spiro atoms. The fraction of sp³-hybridized carbons (Fsp3) is 0.938. The van der Waals surface area contributed by atoms with Gasteiger partial charge in [0.05, 0.1) is 6.54 Å². The molecule has 2 fully saturated rings. The molecule has 116 valence electrons. The number of carbonyl (C=O) groups is 1. The number of piperazine rings is 1. The van der Waals surface area contributed by atoms with Crippen LogP contribution in [0.25, 0.3) is 0 Å². The Morgan fingerprint density at radius 1 is 1.10 bits per heavy atom. The van der Waals surface area contributed by atoms with Gasteiger partial charge in [0.2, 0.25) is 5.91 Å². The van der Waals surface area contributed by atoms with Gasteiger partial charge in [0.1, 0.15) is 0 Å². The number of likely N-dealkylation sites (N-methyl/N-ethyl adjacent to an activating group) is 1. The lowest BCUT2D eigenvalue weighted by Gasteiger charge is -2.33. The lowest BCUT2D eigenvalue weighted by atomic mass is 9.93. The highest BCUT2D eigenvalue weighted by molar-refractivity contribution is 5.78. The first kappa shape index (κ1) is 15.8. The number of nitrogens with one attached hydrogen (secondary N) is 1. The van der Waals surface area contributed by atoms with E-state index in [2.05, 4.69) is 24.2 Å². The van der Waals surface area contributed by atoms with Gasteiger partial charge in [0, 0.05) is 32.2 Å². The second-order valence-electron chi connectivity index (χ2n) is 6.61. The van der Waals surface area contributed by atoms with Gasteiger partial charge in [-0.05, 0) is 32.7 Å². The Kier molecular flexibility index (Phi) is 6.30. The maximum absolute atomic E-state index is 12.2. The standard InChI is InChI=1S/C16H31N3O/c1-14(15-7-5-3-4-6-8-15)17-13-16(20)19-11-9-18(2)10-12-19/h14-15,17H,3-13H2,1-2H3/t14-/m1/s1. The van der Waals surface area contributed by atoms with Crippen molar-refractivity contribution in [2.75, 3.05) is 39.8 Å². The molecule has 4 nitrogen and oxygen atoms in total. The van der Waals surface area contributed by atoms with Gasteiger partial charge in [-0.15, -0.1) is 0 Å². The molecule has 1 heterocycles. The molecule has 2 rings (SSSR count). The minimum absolute atomic E-state index is 0.276. The van der Waals surface area contributed by atoms with E-state index in [-0.39, 0.29) is 5.91 Å². The summed E-state index contributed by atoms with van der Waals surface area (Å²) in [6.45, 7) is 6.55. The summed E-state index contributed by atoms with van der Waals surface area (Å²) in [5.41, 5.74) is 0. The van der Waals surface area contributed by atoms with E-state index < -0.39 is 0 Å². The van der Waals surface area contributed by atoms with Gasteiger partial charge in [0.15, 0.2) is 0 Å². The van der Waals surface area contributed by atoms with Gasteiger partial charge in [0.25, 0.3) is 0 Å². The van der Waals surface area contributed by atoms with Crippen LogP contribution in [0, 0.1) is 5.92 Å². The first-order valence-corrected chi connectivity index (χ1v) is 8.36. The molecule has 1 saturated heterocycles. The molecule has 0 aromatic heterocycles. The smallest absolute Gasteiger partial charge is 0.236 e. The Labute approximate surface area is 123 Å². The Morgan fingerprint density at radius 2 is 1.70 bits per heavy atom. The van der Waals surface area contributed by atoms with Crippen molar-refractivity contribution in [1.29, 1.82) is 0 Å². The largest absolute Gasteiger partial charge is 0.339 e. The summed E-state index contributed by atoms with van der Waals surface area (Å²) in [5, 5.41) is 3.48. The van der Waals surface area contributed by atoms with E-state index in [1.807, 2.05) is 4.90 Å². The molecule has 2 aliphatic rings. The van der Waals surface area contributed by atoms with Gasteiger partial charge in [-0.25, -0.2) is 0 Å². The van der Waals surface area contributed by atoms with Crippen LogP contribution in [-0.2, 0) is 4.79 Å². The molecule has 1 saturated carbocycles. The fourth-order valence-corrected chi connectivity index (χ4v) is 3.39. The van der Waals surface area contributed by atoms with Crippen LogP contribution in [0.4, 0.5) is 0 Å². The lowest BCUT2D eigenvalue weighted by Crippen LogP contribution is -2.50. The second kappa shape index (κ2) is 7.99. The first-order chi connectivity index (χ1) is 9.66. The third-order valence-corrected chi connectivity index (χ3v) is 5.04. The van der Waals surface area contributed by atoms with Crippen molar-refractivity contribution in [3.05, 3.63) is 0 Å². The number of rotatable bonds is 4. The van der Waals surface area contributed by atoms with E-state index >= 15 is 0 Å². The number of nitrogens with zero attached hydrogens (tertiary/aromatic N) is 2. The molecule has 1 atom stereocenters. The summed E-state index contributed by atoms with van der Waals surface area (Å²) in [7, 11) is 2.12. The maximum atomic E-state index is 12.2. The monoisotopic (exact) mass is 281 g/mol. The molecule has 20 heavy (non-hydrogen) atoms. The quantitative estimate of drug-likeness (QED) is 0.797. The van der Waals surface area contributed by atoms with Crippen LogP contribution < -0.4 is 5.32 Å². The molecule has 0 radical (unpaired) electrons. The minimum Gasteiger partial charge on any atom is -0.339 e. The van der Waals surface area contributed by atoms with Crippen LogP contribution in [0.15, 0.2) is 0 Å². The molecule has 1 amide bonds. The van der Waals surface area contributed by atoms with Gasteiger partial charge in [-0.1, -0.05) is 25.7 Å². The molecule has 0 aromatic rings. The minimum atomic E-state index is 0.276. The van der Waals surface area contributed by atoms with Crippen LogP contribution in [0.2, 0.25) is 0 Å². The summed E-state index contributed by atoms with van der Waals surface area (Å²) in [6.07, 6.45) is 8.17. The van der Waals surface area contributed by atoms with E-state index in [1.54, 1.807) is 0 Å². The van der Waals surface area contributed by atoms with Crippen molar-refractivity contribution < 1.29 is 4.79 Å². The molecule has 0 unspecified atom stereocenters. The van der Waals surface area contributed by atoms with E-state index in [9.17, 15) is 4.79 Å². The van der Waals surface area contributed by atoms with Crippen LogP contribution in [0.5, 0.6) is 0 Å². The number of amides is 1. The molecule has 1 N–H and O–H groups in total. The summed E-state index contributed by atoms with van der Waals surface area (Å²) in [5.74, 6) is 1.04. The Balaban J connectivity index is 1.69. The van der Waals surface area contributed by atoms with E-state index in [0.29, 0.717) is 12.6 Å². The number of hydrogen-bond donors (Lipinski definition) is 1. The molecule has 4 heteroatoms. The highest BCUT2D eigenvalue weighted by Gasteiger charge is 2.22. The van der Waals surface area contributed by atoms with Crippen LogP contribution in [0.1, 0.15) is 45.4 Å². The predicted molar refractivity (Wildman–Crippen MR) is 82.7 cm³/mol. The fourth-order valence-electron chi connectivity index (χ4n) is 3.39. The van der Waals surface area contributed by atoms with Crippen LogP contribution >= 0.6 is 0 Å². The van der Waals surface area contributed by atoms with Crippen LogP contribution in [-0.4, -0.2) is 61.5 Å². The Bertz CT molecular complexity index is 292. The molecule has 0 aromatic carbocycles. The average Bonchev–Trinajstić information content (AvgIpc) is 2.74. The highest BCUT2D eigenvalue weighted by atomic mass is 16.2. The maximum Gasteiger partial charge on any atom is 0.236 e. The SMILES string of the molecule is C[C@@H](NCC(=O)N1CCN(C)CC1)C1CCCCCC1. The van der Waals surface area contributed by atoms with E-state index in [1.165, 1.54) is 38.5 Å². The normalized spacial score (nSPS) is 24.4. The Morgan fingerprint density at radius 3 is 2.30 bits per heavy atom. The summed E-state index contributed by atoms with van der Waals surface area (Å²) >= 11 is 0. The van der Waals surface area contributed by atoms with Crippen molar-refractivity contribution in [2.45, 2.75) is 51.5 Å². The topological polar surface area (TPSA) is 35.6 Å². The first-order valence-electron chi connectivity index (χ1n) is 8.36. The van der Waals surface area contributed by atoms with Crippen molar-refractivity contribution in [1.82, 2.24) is 15.1 Å². The molecule has 1 aliphatic carbocycles. The van der Waals surface area contributed by atoms with E-state index in [4.69, 9.17) is 0 Å².